The van der Waals surface area contributed by atoms with Crippen LogP contribution >= 0.6 is 11.8 Å². The van der Waals surface area contributed by atoms with Gasteiger partial charge in [0, 0.05) is 11.8 Å². The zero-order chi connectivity index (χ0) is 8.48. The molecule has 1 rings (SSSR count). The van der Waals surface area contributed by atoms with Gasteiger partial charge in [0.25, 0.3) is 0 Å². The van der Waals surface area contributed by atoms with Crippen molar-refractivity contribution in [2.24, 2.45) is 5.92 Å². The normalized spacial score (nSPS) is 38.5. The summed E-state index contributed by atoms with van der Waals surface area (Å²) in [6.07, 6.45) is 1.24. The maximum absolute atomic E-state index is 3.63. The predicted octanol–water partition coefficient (Wildman–Crippen LogP) is 2.47. The molecule has 2 atom stereocenters. The molecule has 1 nitrogen and oxygen atoms in total. The molecule has 1 aliphatic heterocycles. The van der Waals surface area contributed by atoms with Crippen molar-refractivity contribution < 1.29 is 0 Å². The molecule has 0 aromatic rings. The van der Waals surface area contributed by atoms with Gasteiger partial charge in [0.05, 0.1) is 4.87 Å². The van der Waals surface area contributed by atoms with Crippen LogP contribution in [0.15, 0.2) is 0 Å². The molecule has 1 saturated heterocycles. The summed E-state index contributed by atoms with van der Waals surface area (Å²) in [5.41, 5.74) is 0. The summed E-state index contributed by atoms with van der Waals surface area (Å²) in [4.78, 5) is 0.374. The third kappa shape index (κ3) is 1.73. The van der Waals surface area contributed by atoms with E-state index < -0.39 is 0 Å². The molecular formula is C9H19NS. The van der Waals surface area contributed by atoms with Crippen LogP contribution in [0, 0.1) is 5.92 Å². The lowest BCUT2D eigenvalue weighted by Crippen LogP contribution is -2.41. The molecule has 2 heteroatoms. The highest BCUT2D eigenvalue weighted by Crippen LogP contribution is 2.40. The molecule has 2 unspecified atom stereocenters. The van der Waals surface area contributed by atoms with Crippen LogP contribution in [0.3, 0.4) is 0 Å². The van der Waals surface area contributed by atoms with E-state index in [1.165, 1.54) is 13.0 Å². The average molecular weight is 173 g/mol. The summed E-state index contributed by atoms with van der Waals surface area (Å²) in [5, 5.41) is 4.42. The van der Waals surface area contributed by atoms with Crippen molar-refractivity contribution in [2.45, 2.75) is 44.2 Å². The monoisotopic (exact) mass is 173 g/mol. The van der Waals surface area contributed by atoms with Gasteiger partial charge in [-0.1, -0.05) is 27.7 Å². The Labute approximate surface area is 74.3 Å². The van der Waals surface area contributed by atoms with Crippen molar-refractivity contribution in [3.8, 4) is 0 Å². The highest BCUT2D eigenvalue weighted by molar-refractivity contribution is 8.01. The average Bonchev–Trinajstić information content (AvgIpc) is 2.33. The second-order valence-electron chi connectivity index (χ2n) is 3.71. The lowest BCUT2D eigenvalue weighted by Gasteiger charge is -2.31. The zero-order valence-corrected chi connectivity index (χ0v) is 8.79. The van der Waals surface area contributed by atoms with Crippen molar-refractivity contribution in [1.82, 2.24) is 5.32 Å². The lowest BCUT2D eigenvalue weighted by atomic mass is 10.0. The Morgan fingerprint density at radius 1 is 1.64 bits per heavy atom. The molecule has 0 aromatic heterocycles. The van der Waals surface area contributed by atoms with E-state index in [1.54, 1.807) is 0 Å². The van der Waals surface area contributed by atoms with Gasteiger partial charge in [-0.05, 0) is 12.3 Å². The van der Waals surface area contributed by atoms with E-state index in [0.717, 1.165) is 11.2 Å². The first kappa shape index (κ1) is 9.40. The van der Waals surface area contributed by atoms with Gasteiger partial charge in [-0.15, -0.1) is 11.8 Å². The van der Waals surface area contributed by atoms with Crippen molar-refractivity contribution in [3.63, 3.8) is 0 Å². The van der Waals surface area contributed by atoms with Crippen LogP contribution in [0.2, 0.25) is 0 Å². The van der Waals surface area contributed by atoms with Crippen LogP contribution in [0.4, 0.5) is 0 Å². The van der Waals surface area contributed by atoms with E-state index in [4.69, 9.17) is 0 Å². The van der Waals surface area contributed by atoms with E-state index in [0.29, 0.717) is 4.87 Å². The van der Waals surface area contributed by atoms with Crippen LogP contribution in [0.25, 0.3) is 0 Å². The molecule has 0 bridgehead atoms. The maximum atomic E-state index is 3.63. The highest BCUT2D eigenvalue weighted by atomic mass is 32.2. The van der Waals surface area contributed by atoms with Crippen molar-refractivity contribution in [3.05, 3.63) is 0 Å². The highest BCUT2D eigenvalue weighted by Gasteiger charge is 2.38. The Balaban J connectivity index is 2.62. The van der Waals surface area contributed by atoms with Crippen molar-refractivity contribution in [1.29, 1.82) is 0 Å². The fraction of sp³-hybridized carbons (Fsp3) is 1.00. The number of thioether (sulfide) groups is 1. The summed E-state index contributed by atoms with van der Waals surface area (Å²) in [6.45, 7) is 10.4. The first-order chi connectivity index (χ1) is 5.10. The third-order valence-corrected chi connectivity index (χ3v) is 4.45. The number of rotatable bonds is 2. The Bertz CT molecular complexity index is 136. The van der Waals surface area contributed by atoms with Gasteiger partial charge in [-0.25, -0.2) is 0 Å². The van der Waals surface area contributed by atoms with Gasteiger partial charge in [-0.2, -0.15) is 0 Å². The maximum Gasteiger partial charge on any atom is 0.0669 e. The van der Waals surface area contributed by atoms with Crippen LogP contribution in [0.1, 0.15) is 34.1 Å². The van der Waals surface area contributed by atoms with Gasteiger partial charge in [0.1, 0.15) is 0 Å². The topological polar surface area (TPSA) is 12.0 Å². The summed E-state index contributed by atoms with van der Waals surface area (Å²) in [5.74, 6) is 0.738. The molecular weight excluding hydrogens is 154 g/mol. The molecule has 11 heavy (non-hydrogen) atoms. The quantitative estimate of drug-likeness (QED) is 0.688. The Kier molecular flexibility index (Phi) is 2.87. The molecule has 1 N–H and O–H groups in total. The Hall–Kier alpha value is 0.310. The standard InChI is InChI=1S/C9H19NS/c1-5-9(7(2)3)10-6-8(4)11-9/h7-8,10H,5-6H2,1-4H3. The fourth-order valence-electron chi connectivity index (χ4n) is 1.72. The zero-order valence-electron chi connectivity index (χ0n) is 7.98. The van der Waals surface area contributed by atoms with E-state index in [2.05, 4.69) is 44.8 Å². The molecule has 66 valence electrons. The van der Waals surface area contributed by atoms with E-state index >= 15 is 0 Å². The van der Waals surface area contributed by atoms with E-state index in [-0.39, 0.29) is 0 Å². The summed E-state index contributed by atoms with van der Waals surface area (Å²) >= 11 is 2.11. The Morgan fingerprint density at radius 3 is 2.45 bits per heavy atom. The molecule has 0 spiro atoms. The molecule has 0 saturated carbocycles. The molecule has 1 heterocycles. The number of nitrogens with one attached hydrogen (secondary N) is 1. The van der Waals surface area contributed by atoms with Gasteiger partial charge in [0.2, 0.25) is 0 Å². The molecule has 1 fully saturated rings. The number of hydrogen-bond acceptors (Lipinski definition) is 2. The van der Waals surface area contributed by atoms with Gasteiger partial charge in [-0.3, -0.25) is 0 Å². The van der Waals surface area contributed by atoms with Crippen LogP contribution in [0.5, 0.6) is 0 Å². The minimum absolute atomic E-state index is 0.374. The first-order valence-corrected chi connectivity index (χ1v) is 5.41. The molecule has 1 aliphatic rings. The first-order valence-electron chi connectivity index (χ1n) is 4.53. The minimum Gasteiger partial charge on any atom is -0.301 e. The van der Waals surface area contributed by atoms with E-state index in [9.17, 15) is 0 Å². The molecule has 0 amide bonds. The minimum atomic E-state index is 0.374. The van der Waals surface area contributed by atoms with E-state index in [1.807, 2.05) is 0 Å². The smallest absolute Gasteiger partial charge is 0.0669 e. The molecule has 0 aliphatic carbocycles. The molecule has 0 aromatic carbocycles. The van der Waals surface area contributed by atoms with Crippen LogP contribution < -0.4 is 5.32 Å². The van der Waals surface area contributed by atoms with Gasteiger partial charge >= 0.3 is 0 Å². The fourth-order valence-corrected chi connectivity index (χ4v) is 3.21. The lowest BCUT2D eigenvalue weighted by molar-refractivity contribution is 0.367. The largest absolute Gasteiger partial charge is 0.301 e. The predicted molar refractivity (Wildman–Crippen MR) is 52.9 cm³/mol. The Morgan fingerprint density at radius 2 is 2.27 bits per heavy atom. The summed E-state index contributed by atoms with van der Waals surface area (Å²) in [7, 11) is 0. The number of hydrogen-bond donors (Lipinski definition) is 1. The van der Waals surface area contributed by atoms with Gasteiger partial charge < -0.3 is 5.32 Å². The molecule has 0 radical (unpaired) electrons. The third-order valence-electron chi connectivity index (χ3n) is 2.56. The van der Waals surface area contributed by atoms with Crippen LogP contribution in [-0.4, -0.2) is 16.7 Å². The second-order valence-corrected chi connectivity index (χ2v) is 5.48. The SMILES string of the molecule is CCC1(C(C)C)NCC(C)S1. The van der Waals surface area contributed by atoms with Crippen LogP contribution in [-0.2, 0) is 0 Å². The second kappa shape index (κ2) is 3.36. The summed E-state index contributed by atoms with van der Waals surface area (Å²) < 4.78 is 0. The van der Waals surface area contributed by atoms with Crippen molar-refractivity contribution in [2.75, 3.05) is 6.54 Å². The van der Waals surface area contributed by atoms with Gasteiger partial charge in [0.15, 0.2) is 0 Å². The van der Waals surface area contributed by atoms with Crippen molar-refractivity contribution >= 4 is 11.8 Å². The summed E-state index contributed by atoms with van der Waals surface area (Å²) in [6, 6.07) is 0.